The van der Waals surface area contributed by atoms with Gasteiger partial charge in [0.2, 0.25) is 0 Å². The van der Waals surface area contributed by atoms with E-state index in [1.54, 1.807) is 25.1 Å². The molecule has 0 radical (unpaired) electrons. The fraction of sp³-hybridized carbons (Fsp3) is 0.0769. The molecule has 0 fully saturated rings. The second kappa shape index (κ2) is 5.62. The van der Waals surface area contributed by atoms with Crippen LogP contribution in [0.25, 0.3) is 0 Å². The van der Waals surface area contributed by atoms with Crippen LogP contribution in [0, 0.1) is 17.0 Å². The standard InChI is InChI=1S/C13H13N3O5S/c1-8-6-9(2-4-11(8)14)15-12-5-3-10(16(17)18)7-13(12)22(19,20)21/h2-7,15H,14H2,1H3,(H,19,20,21). The fourth-order valence-electron chi connectivity index (χ4n) is 1.85. The van der Waals surface area contributed by atoms with Gasteiger partial charge in [-0.05, 0) is 36.8 Å². The van der Waals surface area contributed by atoms with Crippen molar-refractivity contribution in [1.82, 2.24) is 0 Å². The third-order valence-corrected chi connectivity index (χ3v) is 3.90. The summed E-state index contributed by atoms with van der Waals surface area (Å²) >= 11 is 0. The van der Waals surface area contributed by atoms with Crippen molar-refractivity contribution in [3.8, 4) is 0 Å². The SMILES string of the molecule is Cc1cc(Nc2ccc([N+](=O)[O-])cc2S(=O)(=O)O)ccc1N. The molecule has 2 aromatic carbocycles. The highest BCUT2D eigenvalue weighted by molar-refractivity contribution is 7.86. The van der Waals surface area contributed by atoms with Crippen LogP contribution in [-0.4, -0.2) is 17.9 Å². The topological polar surface area (TPSA) is 136 Å². The smallest absolute Gasteiger partial charge is 0.296 e. The van der Waals surface area contributed by atoms with E-state index >= 15 is 0 Å². The number of hydrogen-bond donors (Lipinski definition) is 3. The first-order valence-corrected chi connectivity index (χ1v) is 7.51. The van der Waals surface area contributed by atoms with Gasteiger partial charge in [-0.15, -0.1) is 0 Å². The van der Waals surface area contributed by atoms with E-state index in [9.17, 15) is 23.1 Å². The predicted molar refractivity (Wildman–Crippen MR) is 81.8 cm³/mol. The van der Waals surface area contributed by atoms with E-state index in [-0.39, 0.29) is 5.69 Å². The van der Waals surface area contributed by atoms with Crippen LogP contribution < -0.4 is 11.1 Å². The number of anilines is 3. The van der Waals surface area contributed by atoms with Crippen LogP contribution in [0.4, 0.5) is 22.7 Å². The number of nitrogens with two attached hydrogens (primary N) is 1. The van der Waals surface area contributed by atoms with Crippen molar-refractivity contribution in [3.63, 3.8) is 0 Å². The summed E-state index contributed by atoms with van der Waals surface area (Å²) in [5.74, 6) is 0. The van der Waals surface area contributed by atoms with Gasteiger partial charge >= 0.3 is 0 Å². The molecule has 8 nitrogen and oxygen atoms in total. The summed E-state index contributed by atoms with van der Waals surface area (Å²) in [5.41, 5.74) is 7.17. The third kappa shape index (κ3) is 3.32. The van der Waals surface area contributed by atoms with E-state index in [0.29, 0.717) is 11.4 Å². The Morgan fingerprint density at radius 1 is 1.23 bits per heavy atom. The molecule has 0 spiro atoms. The molecule has 9 heteroatoms. The normalized spacial score (nSPS) is 11.2. The molecule has 0 atom stereocenters. The zero-order chi connectivity index (χ0) is 16.5. The van der Waals surface area contributed by atoms with Gasteiger partial charge in [0.25, 0.3) is 15.8 Å². The quantitative estimate of drug-likeness (QED) is 0.340. The molecule has 0 aliphatic heterocycles. The fourth-order valence-corrected chi connectivity index (χ4v) is 2.52. The summed E-state index contributed by atoms with van der Waals surface area (Å²) in [6, 6.07) is 8.09. The molecule has 116 valence electrons. The number of nitrogens with one attached hydrogen (secondary N) is 1. The molecule has 2 aromatic rings. The molecule has 2 rings (SSSR count). The van der Waals surface area contributed by atoms with Crippen molar-refractivity contribution in [2.24, 2.45) is 0 Å². The van der Waals surface area contributed by atoms with Crippen molar-refractivity contribution in [3.05, 3.63) is 52.1 Å². The number of aryl methyl sites for hydroxylation is 1. The second-order valence-corrected chi connectivity index (χ2v) is 6.00. The van der Waals surface area contributed by atoms with Crippen molar-refractivity contribution in [2.45, 2.75) is 11.8 Å². The summed E-state index contributed by atoms with van der Waals surface area (Å²) in [5, 5.41) is 13.5. The van der Waals surface area contributed by atoms with Crippen LogP contribution in [0.15, 0.2) is 41.3 Å². The first-order chi connectivity index (χ1) is 10.2. The average molecular weight is 323 g/mol. The van der Waals surface area contributed by atoms with Crippen molar-refractivity contribution >= 4 is 32.9 Å². The Bertz CT molecular complexity index is 849. The van der Waals surface area contributed by atoms with Gasteiger partial charge in [0.1, 0.15) is 4.90 Å². The summed E-state index contributed by atoms with van der Waals surface area (Å²) in [4.78, 5) is 9.41. The maximum Gasteiger partial charge on any atom is 0.296 e. The molecule has 0 heterocycles. The Balaban J connectivity index is 2.50. The van der Waals surface area contributed by atoms with E-state index in [0.717, 1.165) is 17.7 Å². The van der Waals surface area contributed by atoms with Gasteiger partial charge in [-0.1, -0.05) is 0 Å². The predicted octanol–water partition coefficient (Wildman–Crippen LogP) is 2.48. The highest BCUT2D eigenvalue weighted by Gasteiger charge is 2.20. The van der Waals surface area contributed by atoms with Gasteiger partial charge in [0.05, 0.1) is 10.6 Å². The van der Waals surface area contributed by atoms with Gasteiger partial charge in [0, 0.05) is 23.5 Å². The van der Waals surface area contributed by atoms with Crippen molar-refractivity contribution in [2.75, 3.05) is 11.1 Å². The number of nitro benzene ring substituents is 1. The largest absolute Gasteiger partial charge is 0.399 e. The zero-order valence-corrected chi connectivity index (χ0v) is 12.3. The first kappa shape index (κ1) is 15.7. The average Bonchev–Trinajstić information content (AvgIpc) is 2.42. The van der Waals surface area contributed by atoms with Crippen LogP contribution in [0.3, 0.4) is 0 Å². The minimum atomic E-state index is -4.62. The van der Waals surface area contributed by atoms with Crippen LogP contribution in [0.5, 0.6) is 0 Å². The van der Waals surface area contributed by atoms with E-state index in [4.69, 9.17) is 5.73 Å². The lowest BCUT2D eigenvalue weighted by Gasteiger charge is -2.11. The van der Waals surface area contributed by atoms with Crippen molar-refractivity contribution in [1.29, 1.82) is 0 Å². The molecule has 0 aliphatic rings. The van der Waals surface area contributed by atoms with Gasteiger partial charge in [-0.3, -0.25) is 14.7 Å². The van der Waals surface area contributed by atoms with Crippen LogP contribution in [-0.2, 0) is 10.1 Å². The molecule has 0 aliphatic carbocycles. The lowest BCUT2D eigenvalue weighted by Crippen LogP contribution is -2.05. The Kier molecular flexibility index (Phi) is 4.02. The van der Waals surface area contributed by atoms with Crippen LogP contribution >= 0.6 is 0 Å². The van der Waals surface area contributed by atoms with Crippen LogP contribution in [0.2, 0.25) is 0 Å². The zero-order valence-electron chi connectivity index (χ0n) is 11.5. The highest BCUT2D eigenvalue weighted by atomic mass is 32.2. The molecule has 0 amide bonds. The molecule has 0 bridgehead atoms. The summed E-state index contributed by atoms with van der Waals surface area (Å²) < 4.78 is 32.1. The van der Waals surface area contributed by atoms with Gasteiger partial charge in [0.15, 0.2) is 0 Å². The summed E-state index contributed by atoms with van der Waals surface area (Å²) in [6.45, 7) is 1.78. The lowest BCUT2D eigenvalue weighted by atomic mass is 10.2. The van der Waals surface area contributed by atoms with Gasteiger partial charge in [-0.25, -0.2) is 0 Å². The molecule has 22 heavy (non-hydrogen) atoms. The maximum atomic E-state index is 11.4. The lowest BCUT2D eigenvalue weighted by molar-refractivity contribution is -0.385. The summed E-state index contributed by atoms with van der Waals surface area (Å²) in [6.07, 6.45) is 0. The maximum absolute atomic E-state index is 11.4. The highest BCUT2D eigenvalue weighted by Crippen LogP contribution is 2.29. The number of benzene rings is 2. The minimum Gasteiger partial charge on any atom is -0.399 e. The number of rotatable bonds is 4. The van der Waals surface area contributed by atoms with Crippen LogP contribution in [0.1, 0.15) is 5.56 Å². The Hall–Kier alpha value is -2.65. The van der Waals surface area contributed by atoms with E-state index in [2.05, 4.69) is 5.32 Å². The summed E-state index contributed by atoms with van der Waals surface area (Å²) in [7, 11) is -4.62. The number of non-ortho nitro benzene ring substituents is 1. The third-order valence-electron chi connectivity index (χ3n) is 3.00. The Morgan fingerprint density at radius 2 is 1.91 bits per heavy atom. The van der Waals surface area contributed by atoms with Gasteiger partial charge in [-0.2, -0.15) is 8.42 Å². The van der Waals surface area contributed by atoms with E-state index in [1.807, 2.05) is 0 Å². The molecule has 0 unspecified atom stereocenters. The van der Waals surface area contributed by atoms with Gasteiger partial charge < -0.3 is 11.1 Å². The van der Waals surface area contributed by atoms with E-state index in [1.165, 1.54) is 6.07 Å². The molecular formula is C13H13N3O5S. The molecular weight excluding hydrogens is 310 g/mol. The number of nitro groups is 1. The molecule has 0 saturated heterocycles. The molecule has 4 N–H and O–H groups in total. The minimum absolute atomic E-state index is 0.0253. The van der Waals surface area contributed by atoms with Crippen molar-refractivity contribution < 1.29 is 17.9 Å². The Labute approximate surface area is 126 Å². The number of nitrogens with zero attached hydrogens (tertiary/aromatic N) is 1. The number of hydrogen-bond acceptors (Lipinski definition) is 6. The molecule has 0 saturated carbocycles. The molecule has 0 aromatic heterocycles. The second-order valence-electron chi connectivity index (χ2n) is 4.61. The number of nitrogen functional groups attached to an aromatic ring is 1. The van der Waals surface area contributed by atoms with E-state index < -0.39 is 25.6 Å². The monoisotopic (exact) mass is 323 g/mol. The Morgan fingerprint density at radius 3 is 2.45 bits per heavy atom. The first-order valence-electron chi connectivity index (χ1n) is 6.07.